The van der Waals surface area contributed by atoms with Crippen LogP contribution in [0.5, 0.6) is 5.75 Å². The van der Waals surface area contributed by atoms with Crippen LogP contribution in [0.15, 0.2) is 47.0 Å². The first-order valence-electron chi connectivity index (χ1n) is 8.67. The van der Waals surface area contributed by atoms with E-state index in [1.807, 2.05) is 12.1 Å². The second-order valence-electron chi connectivity index (χ2n) is 6.20. The number of hydrogen-bond acceptors (Lipinski definition) is 5. The molecule has 0 saturated heterocycles. The number of ether oxygens (including phenoxy) is 1. The van der Waals surface area contributed by atoms with E-state index in [4.69, 9.17) is 9.26 Å². The standard InChI is InChI=1S/C20H19F2N3O3/c1-12(14-5-8-16(21)17(22)11-14)23-18(26)9-10-19-24-20(25-28-19)13-3-6-15(27-2)7-4-13/h3-8,11-12H,9-10H2,1-2H3,(H,23,26). The Morgan fingerprint density at radius 2 is 1.93 bits per heavy atom. The van der Waals surface area contributed by atoms with E-state index in [1.54, 1.807) is 26.2 Å². The van der Waals surface area contributed by atoms with E-state index in [0.29, 0.717) is 17.3 Å². The summed E-state index contributed by atoms with van der Waals surface area (Å²) in [5.41, 5.74) is 1.25. The SMILES string of the molecule is COc1ccc(-c2noc(CCC(=O)NC(C)c3ccc(F)c(F)c3)n2)cc1. The summed E-state index contributed by atoms with van der Waals surface area (Å²) in [6.07, 6.45) is 0.387. The van der Waals surface area contributed by atoms with Gasteiger partial charge in [0.05, 0.1) is 13.2 Å². The molecule has 1 atom stereocenters. The number of hydrogen-bond donors (Lipinski definition) is 1. The second kappa shape index (κ2) is 8.60. The zero-order valence-corrected chi connectivity index (χ0v) is 15.4. The number of carbonyl (C=O) groups is 1. The largest absolute Gasteiger partial charge is 0.497 e. The van der Waals surface area contributed by atoms with Gasteiger partial charge in [-0.3, -0.25) is 4.79 Å². The van der Waals surface area contributed by atoms with Crippen LogP contribution in [0.1, 0.15) is 30.8 Å². The van der Waals surface area contributed by atoms with Crippen molar-refractivity contribution in [2.75, 3.05) is 7.11 Å². The molecule has 1 aromatic heterocycles. The monoisotopic (exact) mass is 387 g/mol. The molecule has 1 heterocycles. The van der Waals surface area contributed by atoms with Crippen LogP contribution < -0.4 is 10.1 Å². The first-order chi connectivity index (χ1) is 13.5. The first kappa shape index (κ1) is 19.5. The van der Waals surface area contributed by atoms with Gasteiger partial charge in [0.2, 0.25) is 17.6 Å². The number of methoxy groups -OCH3 is 1. The van der Waals surface area contributed by atoms with Gasteiger partial charge in [-0.15, -0.1) is 0 Å². The number of nitrogens with zero attached hydrogens (tertiary/aromatic N) is 2. The molecule has 2 aromatic carbocycles. The van der Waals surface area contributed by atoms with Gasteiger partial charge in [0.15, 0.2) is 11.6 Å². The molecule has 0 aliphatic rings. The van der Waals surface area contributed by atoms with Gasteiger partial charge in [0, 0.05) is 18.4 Å². The fourth-order valence-electron chi connectivity index (χ4n) is 2.61. The zero-order valence-electron chi connectivity index (χ0n) is 15.4. The summed E-state index contributed by atoms with van der Waals surface area (Å²) in [5.74, 6) is -0.655. The molecule has 0 aliphatic heterocycles. The van der Waals surface area contributed by atoms with E-state index >= 15 is 0 Å². The van der Waals surface area contributed by atoms with Crippen LogP contribution in [0.2, 0.25) is 0 Å². The highest BCUT2D eigenvalue weighted by molar-refractivity contribution is 5.76. The van der Waals surface area contributed by atoms with E-state index in [-0.39, 0.29) is 18.7 Å². The minimum Gasteiger partial charge on any atom is -0.497 e. The second-order valence-corrected chi connectivity index (χ2v) is 6.20. The summed E-state index contributed by atoms with van der Waals surface area (Å²) in [7, 11) is 1.58. The molecule has 146 valence electrons. The summed E-state index contributed by atoms with van der Waals surface area (Å²) in [6.45, 7) is 1.69. The normalized spacial score (nSPS) is 11.9. The molecule has 6 nitrogen and oxygen atoms in total. The molecule has 3 aromatic rings. The highest BCUT2D eigenvalue weighted by Gasteiger charge is 2.14. The predicted octanol–water partition coefficient (Wildman–Crippen LogP) is 3.83. The Hall–Kier alpha value is -3.29. The van der Waals surface area contributed by atoms with Crippen LogP contribution in [0, 0.1) is 11.6 Å². The van der Waals surface area contributed by atoms with Crippen LogP contribution in [0.25, 0.3) is 11.4 Å². The number of rotatable bonds is 7. The van der Waals surface area contributed by atoms with Crippen LogP contribution in [0.4, 0.5) is 8.78 Å². The maximum Gasteiger partial charge on any atom is 0.227 e. The third-order valence-corrected chi connectivity index (χ3v) is 4.20. The fourth-order valence-corrected chi connectivity index (χ4v) is 2.61. The van der Waals surface area contributed by atoms with Crippen molar-refractivity contribution in [2.45, 2.75) is 25.8 Å². The molecule has 0 aliphatic carbocycles. The average Bonchev–Trinajstić information content (AvgIpc) is 3.17. The Bertz CT molecular complexity index is 958. The van der Waals surface area contributed by atoms with Crippen molar-refractivity contribution in [1.82, 2.24) is 15.5 Å². The third-order valence-electron chi connectivity index (χ3n) is 4.20. The maximum atomic E-state index is 13.3. The summed E-state index contributed by atoms with van der Waals surface area (Å²) in [6, 6.07) is 10.3. The minimum atomic E-state index is -0.949. The van der Waals surface area contributed by atoms with Crippen LogP contribution in [-0.4, -0.2) is 23.2 Å². The molecule has 0 spiro atoms. The number of benzene rings is 2. The molecule has 0 fully saturated rings. The summed E-state index contributed by atoms with van der Waals surface area (Å²) in [5, 5.41) is 6.64. The lowest BCUT2D eigenvalue weighted by Gasteiger charge is -2.14. The van der Waals surface area contributed by atoms with Gasteiger partial charge in [-0.05, 0) is 48.9 Å². The lowest BCUT2D eigenvalue weighted by atomic mass is 10.1. The smallest absolute Gasteiger partial charge is 0.227 e. The van der Waals surface area contributed by atoms with Gasteiger partial charge >= 0.3 is 0 Å². The molecular formula is C20H19F2N3O3. The van der Waals surface area contributed by atoms with E-state index < -0.39 is 17.7 Å². The van der Waals surface area contributed by atoms with Crippen molar-refractivity contribution >= 4 is 5.91 Å². The van der Waals surface area contributed by atoms with E-state index in [9.17, 15) is 13.6 Å². The molecule has 0 radical (unpaired) electrons. The van der Waals surface area contributed by atoms with E-state index in [0.717, 1.165) is 23.4 Å². The molecule has 0 saturated carbocycles. The summed E-state index contributed by atoms with van der Waals surface area (Å²) < 4.78 is 36.6. The molecule has 1 N–H and O–H groups in total. The van der Waals surface area contributed by atoms with Crippen molar-refractivity contribution < 1.29 is 22.8 Å². The van der Waals surface area contributed by atoms with Crippen molar-refractivity contribution in [3.05, 3.63) is 65.6 Å². The Morgan fingerprint density at radius 3 is 2.61 bits per heavy atom. The fraction of sp³-hybridized carbons (Fsp3) is 0.250. The lowest BCUT2D eigenvalue weighted by Crippen LogP contribution is -2.27. The molecule has 3 rings (SSSR count). The maximum absolute atomic E-state index is 13.3. The minimum absolute atomic E-state index is 0.123. The summed E-state index contributed by atoms with van der Waals surface area (Å²) in [4.78, 5) is 16.4. The van der Waals surface area contributed by atoms with Crippen molar-refractivity contribution in [3.8, 4) is 17.1 Å². The van der Waals surface area contributed by atoms with Gasteiger partial charge in [-0.1, -0.05) is 11.2 Å². The van der Waals surface area contributed by atoms with Gasteiger partial charge in [0.1, 0.15) is 5.75 Å². The summed E-state index contributed by atoms with van der Waals surface area (Å²) >= 11 is 0. The quantitative estimate of drug-likeness (QED) is 0.667. The number of nitrogens with one attached hydrogen (secondary N) is 1. The molecule has 1 unspecified atom stereocenters. The number of aromatic nitrogens is 2. The van der Waals surface area contributed by atoms with Crippen molar-refractivity contribution in [2.24, 2.45) is 0 Å². The average molecular weight is 387 g/mol. The Balaban J connectivity index is 1.54. The third kappa shape index (κ3) is 4.70. The van der Waals surface area contributed by atoms with E-state index in [2.05, 4.69) is 15.5 Å². The molecule has 0 bridgehead atoms. The molecule has 28 heavy (non-hydrogen) atoms. The van der Waals surface area contributed by atoms with Crippen molar-refractivity contribution in [3.63, 3.8) is 0 Å². The number of amides is 1. The first-order valence-corrected chi connectivity index (χ1v) is 8.67. The van der Waals surface area contributed by atoms with Crippen LogP contribution in [0.3, 0.4) is 0 Å². The van der Waals surface area contributed by atoms with Gasteiger partial charge in [-0.25, -0.2) is 8.78 Å². The predicted molar refractivity (Wildman–Crippen MR) is 97.5 cm³/mol. The Kier molecular flexibility index (Phi) is 5.98. The highest BCUT2D eigenvalue weighted by Crippen LogP contribution is 2.20. The van der Waals surface area contributed by atoms with Gasteiger partial charge in [-0.2, -0.15) is 4.98 Å². The van der Waals surface area contributed by atoms with Gasteiger partial charge in [0.25, 0.3) is 0 Å². The Morgan fingerprint density at radius 1 is 1.18 bits per heavy atom. The molecule has 1 amide bonds. The van der Waals surface area contributed by atoms with Crippen molar-refractivity contribution in [1.29, 1.82) is 0 Å². The highest BCUT2D eigenvalue weighted by atomic mass is 19.2. The number of halogens is 2. The number of aryl methyl sites for hydroxylation is 1. The van der Waals surface area contributed by atoms with E-state index in [1.165, 1.54) is 6.07 Å². The number of carbonyl (C=O) groups excluding carboxylic acids is 1. The molecule has 8 heteroatoms. The molecular weight excluding hydrogens is 368 g/mol. The Labute approximate surface area is 160 Å². The lowest BCUT2D eigenvalue weighted by molar-refractivity contribution is -0.121. The zero-order chi connectivity index (χ0) is 20.1. The van der Waals surface area contributed by atoms with Crippen LogP contribution in [-0.2, 0) is 11.2 Å². The van der Waals surface area contributed by atoms with Gasteiger partial charge < -0.3 is 14.6 Å². The van der Waals surface area contributed by atoms with Crippen LogP contribution >= 0.6 is 0 Å². The topological polar surface area (TPSA) is 77.2 Å².